The highest BCUT2D eigenvalue weighted by Gasteiger charge is 2.28. The molecule has 2 aromatic rings. The van der Waals surface area contributed by atoms with E-state index in [0.29, 0.717) is 17.4 Å². The summed E-state index contributed by atoms with van der Waals surface area (Å²) >= 11 is 0. The van der Waals surface area contributed by atoms with Gasteiger partial charge >= 0.3 is 5.97 Å². The molecular weight excluding hydrogens is 288 g/mol. The first-order chi connectivity index (χ1) is 10.7. The van der Waals surface area contributed by atoms with Crippen molar-refractivity contribution in [1.29, 1.82) is 0 Å². The summed E-state index contributed by atoms with van der Waals surface area (Å²) in [7, 11) is 3.08. The maximum absolute atomic E-state index is 11.3. The molecule has 0 saturated carbocycles. The van der Waals surface area contributed by atoms with Crippen LogP contribution in [-0.2, 0) is 4.79 Å². The number of aliphatic carboxylic acids is 1. The molecule has 0 fully saturated rings. The number of hydrogen-bond donors (Lipinski definition) is 2. The molecule has 22 heavy (non-hydrogen) atoms. The molecule has 1 atom stereocenters. The first-order valence-corrected chi connectivity index (χ1v) is 6.48. The fourth-order valence-electron chi connectivity index (χ4n) is 2.42. The van der Waals surface area contributed by atoms with Gasteiger partial charge in [0.25, 0.3) is 0 Å². The number of rotatable bonds is 4. The van der Waals surface area contributed by atoms with Gasteiger partial charge in [0.1, 0.15) is 18.1 Å². The van der Waals surface area contributed by atoms with E-state index in [1.165, 1.54) is 13.4 Å². The third kappa shape index (κ3) is 2.14. The highest BCUT2D eigenvalue weighted by atomic mass is 16.5. The van der Waals surface area contributed by atoms with E-state index in [1.54, 1.807) is 23.9 Å². The zero-order chi connectivity index (χ0) is 15.7. The van der Waals surface area contributed by atoms with E-state index in [9.17, 15) is 9.90 Å². The smallest absolute Gasteiger partial charge is 0.352 e. The zero-order valence-corrected chi connectivity index (χ0v) is 12.0. The Hall–Kier alpha value is -3.03. The molecule has 114 valence electrons. The second-order valence-corrected chi connectivity index (χ2v) is 4.57. The molecule has 0 radical (unpaired) electrons. The van der Waals surface area contributed by atoms with E-state index in [4.69, 9.17) is 9.47 Å². The number of allylic oxidation sites excluding steroid dienone is 1. The number of benzene rings is 1. The first-order valence-electron chi connectivity index (χ1n) is 6.48. The van der Waals surface area contributed by atoms with Crippen LogP contribution in [0.4, 0.5) is 5.95 Å². The van der Waals surface area contributed by atoms with E-state index in [0.717, 1.165) is 5.56 Å². The van der Waals surface area contributed by atoms with E-state index in [1.807, 2.05) is 12.1 Å². The van der Waals surface area contributed by atoms with Crippen LogP contribution >= 0.6 is 0 Å². The Bertz CT molecular complexity index is 753. The van der Waals surface area contributed by atoms with Crippen molar-refractivity contribution in [1.82, 2.24) is 14.8 Å². The third-order valence-electron chi connectivity index (χ3n) is 3.39. The second kappa shape index (κ2) is 5.40. The minimum absolute atomic E-state index is 0.0374. The molecule has 1 aliphatic heterocycles. The largest absolute Gasteiger partial charge is 0.493 e. The highest BCUT2D eigenvalue weighted by Crippen LogP contribution is 2.38. The van der Waals surface area contributed by atoms with Gasteiger partial charge in [0.2, 0.25) is 5.95 Å². The lowest BCUT2D eigenvalue weighted by molar-refractivity contribution is -0.132. The van der Waals surface area contributed by atoms with Crippen LogP contribution in [0.1, 0.15) is 11.6 Å². The predicted octanol–water partition coefficient (Wildman–Crippen LogP) is 1.28. The molecule has 8 nitrogen and oxygen atoms in total. The van der Waals surface area contributed by atoms with Crippen LogP contribution < -0.4 is 14.8 Å². The Balaban J connectivity index is 2.17. The van der Waals surface area contributed by atoms with Crippen LogP contribution in [0.5, 0.6) is 11.5 Å². The van der Waals surface area contributed by atoms with Crippen LogP contribution in [0.2, 0.25) is 0 Å². The van der Waals surface area contributed by atoms with Crippen molar-refractivity contribution in [3.05, 3.63) is 41.9 Å². The Morgan fingerprint density at radius 3 is 2.86 bits per heavy atom. The average molecular weight is 302 g/mol. The first kappa shape index (κ1) is 13.9. The van der Waals surface area contributed by atoms with Crippen molar-refractivity contribution in [3.8, 4) is 11.5 Å². The standard InChI is InChI=1S/C14H14N4O4/c1-21-11-5-3-4-8(12(11)22-2)10-6-9(13(19)20)17-14-15-7-16-18(10)14/h3-7,10H,1-2H3,(H,19,20)(H,15,16,17). The summed E-state index contributed by atoms with van der Waals surface area (Å²) in [6.07, 6.45) is 2.92. The van der Waals surface area contributed by atoms with Gasteiger partial charge in [0.15, 0.2) is 11.5 Å². The Kier molecular flexibility index (Phi) is 3.42. The van der Waals surface area contributed by atoms with Gasteiger partial charge in [0, 0.05) is 5.56 Å². The lowest BCUT2D eigenvalue weighted by Gasteiger charge is -2.24. The minimum atomic E-state index is -1.07. The normalized spacial score (nSPS) is 16.3. The molecule has 3 rings (SSSR count). The van der Waals surface area contributed by atoms with Gasteiger partial charge < -0.3 is 19.9 Å². The summed E-state index contributed by atoms with van der Waals surface area (Å²) in [5, 5.41) is 16.1. The molecule has 8 heteroatoms. The Labute approximate surface area is 126 Å². The van der Waals surface area contributed by atoms with Crippen molar-refractivity contribution in [2.75, 3.05) is 19.5 Å². The van der Waals surface area contributed by atoms with Gasteiger partial charge in [0.05, 0.1) is 14.2 Å². The summed E-state index contributed by atoms with van der Waals surface area (Å²) in [6.45, 7) is 0. The number of fused-ring (bicyclic) bond motifs is 1. The van der Waals surface area contributed by atoms with Gasteiger partial charge in [-0.05, 0) is 12.1 Å². The Morgan fingerprint density at radius 1 is 1.36 bits per heavy atom. The van der Waals surface area contributed by atoms with Gasteiger partial charge in [-0.15, -0.1) is 0 Å². The van der Waals surface area contributed by atoms with Crippen LogP contribution in [-0.4, -0.2) is 40.1 Å². The number of aromatic nitrogens is 3. The maximum Gasteiger partial charge on any atom is 0.352 e. The predicted molar refractivity (Wildman–Crippen MR) is 77.0 cm³/mol. The third-order valence-corrected chi connectivity index (χ3v) is 3.39. The number of para-hydroxylation sites is 1. The molecule has 1 aromatic heterocycles. The topological polar surface area (TPSA) is 98.5 Å². The van der Waals surface area contributed by atoms with Crippen LogP contribution in [0.25, 0.3) is 0 Å². The molecule has 0 bridgehead atoms. The molecule has 2 N–H and O–H groups in total. The van der Waals surface area contributed by atoms with Gasteiger partial charge in [-0.25, -0.2) is 9.48 Å². The summed E-state index contributed by atoms with van der Waals surface area (Å²) in [6, 6.07) is 4.95. The SMILES string of the molecule is COc1cccc(C2C=C(C(=O)O)Nc3ncnn32)c1OC. The fraction of sp³-hybridized carbons (Fsp3) is 0.214. The van der Waals surface area contributed by atoms with Crippen molar-refractivity contribution in [2.24, 2.45) is 0 Å². The van der Waals surface area contributed by atoms with Gasteiger partial charge in [-0.3, -0.25) is 0 Å². The molecule has 1 unspecified atom stereocenters. The molecule has 0 amide bonds. The quantitative estimate of drug-likeness (QED) is 0.877. The molecule has 0 spiro atoms. The lowest BCUT2D eigenvalue weighted by Crippen LogP contribution is -2.24. The average Bonchev–Trinajstić information content (AvgIpc) is 3.01. The van der Waals surface area contributed by atoms with Crippen LogP contribution in [0, 0.1) is 0 Å². The summed E-state index contributed by atoms with van der Waals surface area (Å²) < 4.78 is 12.3. The highest BCUT2D eigenvalue weighted by molar-refractivity contribution is 5.90. The summed E-state index contributed by atoms with van der Waals surface area (Å²) in [4.78, 5) is 15.3. The number of hydrogen-bond acceptors (Lipinski definition) is 6. The molecule has 2 heterocycles. The van der Waals surface area contributed by atoms with Crippen molar-refractivity contribution < 1.29 is 19.4 Å². The molecule has 1 aromatic carbocycles. The lowest BCUT2D eigenvalue weighted by atomic mass is 10.0. The monoisotopic (exact) mass is 302 g/mol. The number of nitrogens with one attached hydrogen (secondary N) is 1. The van der Waals surface area contributed by atoms with Crippen molar-refractivity contribution in [2.45, 2.75) is 6.04 Å². The molecule has 0 saturated heterocycles. The van der Waals surface area contributed by atoms with E-state index in [2.05, 4.69) is 15.4 Å². The minimum Gasteiger partial charge on any atom is -0.493 e. The number of carboxylic acids is 1. The number of methoxy groups -OCH3 is 2. The van der Waals surface area contributed by atoms with Crippen LogP contribution in [0.3, 0.4) is 0 Å². The number of carbonyl (C=O) groups is 1. The van der Waals surface area contributed by atoms with E-state index >= 15 is 0 Å². The van der Waals surface area contributed by atoms with E-state index in [-0.39, 0.29) is 5.70 Å². The number of anilines is 1. The molecule has 1 aliphatic rings. The molecule has 0 aliphatic carbocycles. The molecular formula is C14H14N4O4. The summed E-state index contributed by atoms with van der Waals surface area (Å²) in [5.74, 6) is 0.376. The van der Waals surface area contributed by atoms with Crippen LogP contribution in [0.15, 0.2) is 36.3 Å². The maximum atomic E-state index is 11.3. The fourth-order valence-corrected chi connectivity index (χ4v) is 2.42. The second-order valence-electron chi connectivity index (χ2n) is 4.57. The summed E-state index contributed by atoms with van der Waals surface area (Å²) in [5.41, 5.74) is 0.768. The Morgan fingerprint density at radius 2 is 2.18 bits per heavy atom. The van der Waals surface area contributed by atoms with E-state index < -0.39 is 12.0 Å². The number of nitrogens with zero attached hydrogens (tertiary/aromatic N) is 3. The van der Waals surface area contributed by atoms with Gasteiger partial charge in [-0.1, -0.05) is 12.1 Å². The number of ether oxygens (including phenoxy) is 2. The van der Waals surface area contributed by atoms with Crippen molar-refractivity contribution in [3.63, 3.8) is 0 Å². The van der Waals surface area contributed by atoms with Gasteiger partial charge in [-0.2, -0.15) is 10.1 Å². The number of carboxylic acid groups (broad SMARTS) is 1. The zero-order valence-electron chi connectivity index (χ0n) is 12.0. The van der Waals surface area contributed by atoms with Crippen molar-refractivity contribution >= 4 is 11.9 Å².